The predicted octanol–water partition coefficient (Wildman–Crippen LogP) is 4.50. The maximum atomic E-state index is 12.3. The zero-order valence-corrected chi connectivity index (χ0v) is 16.2. The van der Waals surface area contributed by atoms with Gasteiger partial charge in [0.15, 0.2) is 5.69 Å². The molecule has 0 N–H and O–H groups in total. The van der Waals surface area contributed by atoms with Crippen LogP contribution in [0.25, 0.3) is 0 Å². The highest BCUT2D eigenvalue weighted by Gasteiger charge is 2.24. The van der Waals surface area contributed by atoms with Crippen LogP contribution in [0.1, 0.15) is 27.3 Å². The number of halogens is 1. The summed E-state index contributed by atoms with van der Waals surface area (Å²) in [5, 5.41) is 4.05. The highest BCUT2D eigenvalue weighted by Crippen LogP contribution is 2.22. The quantitative estimate of drug-likeness (QED) is 0.559. The van der Waals surface area contributed by atoms with Crippen molar-refractivity contribution in [1.29, 1.82) is 0 Å². The lowest BCUT2D eigenvalue weighted by Crippen LogP contribution is -2.17. The van der Waals surface area contributed by atoms with Gasteiger partial charge in [0.05, 0.1) is 10.2 Å². The van der Waals surface area contributed by atoms with Gasteiger partial charge >= 0.3 is 12.1 Å². The summed E-state index contributed by atoms with van der Waals surface area (Å²) in [5.74, 6) is -0.622. The smallest absolute Gasteiger partial charge is 0.435 e. The molecular formula is C20H17BrN2O4. The van der Waals surface area contributed by atoms with E-state index < -0.39 is 12.1 Å². The van der Waals surface area contributed by atoms with Gasteiger partial charge in [0.25, 0.3) is 0 Å². The third-order valence-electron chi connectivity index (χ3n) is 3.83. The lowest BCUT2D eigenvalue weighted by molar-refractivity contribution is 0.0464. The minimum atomic E-state index is -0.667. The van der Waals surface area contributed by atoms with Crippen LogP contribution in [-0.4, -0.2) is 21.8 Å². The number of hydrogen-bond donors (Lipinski definition) is 0. The molecule has 0 aliphatic rings. The molecule has 138 valence electrons. The van der Waals surface area contributed by atoms with Crippen LogP contribution in [0, 0.1) is 6.92 Å². The Morgan fingerprint density at radius 1 is 0.926 bits per heavy atom. The van der Waals surface area contributed by atoms with Crippen LogP contribution >= 0.6 is 15.9 Å². The SMILES string of the molecule is Cc1c(Br)c(C(=O)OCc2ccccc2)nn1C(=O)OCc1ccccc1. The molecule has 0 saturated heterocycles. The molecule has 6 nitrogen and oxygen atoms in total. The van der Waals surface area contributed by atoms with E-state index in [1.54, 1.807) is 6.92 Å². The van der Waals surface area contributed by atoms with E-state index in [1.165, 1.54) is 0 Å². The molecule has 0 amide bonds. The predicted molar refractivity (Wildman–Crippen MR) is 102 cm³/mol. The van der Waals surface area contributed by atoms with Gasteiger partial charge in [0.1, 0.15) is 13.2 Å². The molecule has 3 aromatic rings. The summed E-state index contributed by atoms with van der Waals surface area (Å²) in [5.41, 5.74) is 2.21. The van der Waals surface area contributed by atoms with Gasteiger partial charge in [-0.3, -0.25) is 0 Å². The molecule has 3 rings (SSSR count). The average Bonchev–Trinajstić information content (AvgIpc) is 3.01. The average molecular weight is 429 g/mol. The Labute approximate surface area is 164 Å². The van der Waals surface area contributed by atoms with Crippen molar-refractivity contribution in [2.45, 2.75) is 20.1 Å². The Hall–Kier alpha value is -2.93. The van der Waals surface area contributed by atoms with Crippen LogP contribution in [0.15, 0.2) is 65.1 Å². The van der Waals surface area contributed by atoms with Gasteiger partial charge in [-0.15, -0.1) is 0 Å². The van der Waals surface area contributed by atoms with Crippen molar-refractivity contribution < 1.29 is 19.1 Å². The molecule has 0 spiro atoms. The molecule has 0 bridgehead atoms. The third-order valence-corrected chi connectivity index (χ3v) is 4.78. The molecule has 7 heteroatoms. The highest BCUT2D eigenvalue weighted by atomic mass is 79.9. The molecule has 2 aromatic carbocycles. The molecule has 0 unspecified atom stereocenters. The summed E-state index contributed by atoms with van der Waals surface area (Å²) in [6.07, 6.45) is -0.667. The first-order valence-corrected chi connectivity index (χ1v) is 9.03. The van der Waals surface area contributed by atoms with Gasteiger partial charge in [-0.25, -0.2) is 9.59 Å². The second-order valence-corrected chi connectivity index (χ2v) is 6.55. The fourth-order valence-electron chi connectivity index (χ4n) is 2.36. The van der Waals surface area contributed by atoms with Crippen molar-refractivity contribution >= 4 is 28.0 Å². The molecule has 0 radical (unpaired) electrons. The number of nitrogens with zero attached hydrogens (tertiary/aromatic N) is 2. The highest BCUT2D eigenvalue weighted by molar-refractivity contribution is 9.10. The van der Waals surface area contributed by atoms with Gasteiger partial charge in [-0.1, -0.05) is 60.7 Å². The fraction of sp³-hybridized carbons (Fsp3) is 0.150. The number of ether oxygens (including phenoxy) is 2. The summed E-state index contributed by atoms with van der Waals surface area (Å²) >= 11 is 3.30. The number of benzene rings is 2. The van der Waals surface area contributed by atoms with Crippen molar-refractivity contribution in [3.63, 3.8) is 0 Å². The Kier molecular flexibility index (Phi) is 6.03. The van der Waals surface area contributed by atoms with Crippen molar-refractivity contribution in [3.8, 4) is 0 Å². The lowest BCUT2D eigenvalue weighted by Gasteiger charge is -2.05. The number of carbonyl (C=O) groups excluding carboxylic acids is 2. The summed E-state index contributed by atoms with van der Waals surface area (Å²) in [4.78, 5) is 24.6. The van der Waals surface area contributed by atoms with Crippen LogP contribution < -0.4 is 0 Å². The van der Waals surface area contributed by atoms with E-state index in [4.69, 9.17) is 9.47 Å². The third kappa shape index (κ3) is 4.62. The molecule has 0 fully saturated rings. The minimum absolute atomic E-state index is 0.0279. The molecule has 0 atom stereocenters. The van der Waals surface area contributed by atoms with Crippen molar-refractivity contribution in [1.82, 2.24) is 9.78 Å². The molecule has 27 heavy (non-hydrogen) atoms. The first kappa shape index (κ1) is 18.8. The van der Waals surface area contributed by atoms with E-state index in [0.717, 1.165) is 15.8 Å². The zero-order valence-electron chi connectivity index (χ0n) is 14.6. The van der Waals surface area contributed by atoms with E-state index in [-0.39, 0.29) is 18.9 Å². The van der Waals surface area contributed by atoms with Crippen LogP contribution in [0.5, 0.6) is 0 Å². The van der Waals surface area contributed by atoms with Crippen LogP contribution in [-0.2, 0) is 22.7 Å². The van der Waals surface area contributed by atoms with Gasteiger partial charge in [0, 0.05) is 0 Å². The van der Waals surface area contributed by atoms with Crippen molar-refractivity contribution in [3.05, 3.63) is 87.7 Å². The Morgan fingerprint density at radius 2 is 1.44 bits per heavy atom. The minimum Gasteiger partial charge on any atom is -0.456 e. The summed E-state index contributed by atoms with van der Waals surface area (Å²) in [7, 11) is 0. The van der Waals surface area contributed by atoms with Crippen LogP contribution in [0.3, 0.4) is 0 Å². The Bertz CT molecular complexity index is 863. The van der Waals surface area contributed by atoms with E-state index in [1.807, 2.05) is 60.7 Å². The maximum absolute atomic E-state index is 12.3. The van der Waals surface area contributed by atoms with Crippen molar-refractivity contribution in [2.75, 3.05) is 0 Å². The van der Waals surface area contributed by atoms with E-state index in [0.29, 0.717) is 10.2 Å². The van der Waals surface area contributed by atoms with Gasteiger partial charge in [0.2, 0.25) is 0 Å². The number of aromatic nitrogens is 2. The van der Waals surface area contributed by atoms with Crippen LogP contribution in [0.4, 0.5) is 4.79 Å². The molecular weight excluding hydrogens is 412 g/mol. The van der Waals surface area contributed by atoms with Gasteiger partial charge < -0.3 is 9.47 Å². The van der Waals surface area contributed by atoms with E-state index >= 15 is 0 Å². The monoisotopic (exact) mass is 428 g/mol. The second-order valence-electron chi connectivity index (χ2n) is 5.76. The maximum Gasteiger partial charge on any atom is 0.435 e. The number of esters is 1. The van der Waals surface area contributed by atoms with E-state index in [2.05, 4.69) is 21.0 Å². The Morgan fingerprint density at radius 3 is 2.00 bits per heavy atom. The largest absolute Gasteiger partial charge is 0.456 e. The Balaban J connectivity index is 1.67. The lowest BCUT2D eigenvalue weighted by atomic mass is 10.2. The molecule has 1 heterocycles. The zero-order chi connectivity index (χ0) is 19.2. The van der Waals surface area contributed by atoms with Gasteiger partial charge in [-0.05, 0) is 34.0 Å². The van der Waals surface area contributed by atoms with Crippen molar-refractivity contribution in [2.24, 2.45) is 0 Å². The van der Waals surface area contributed by atoms with Crippen LogP contribution in [0.2, 0.25) is 0 Å². The standard InChI is InChI=1S/C20H17BrN2O4/c1-14-17(21)18(19(24)26-12-15-8-4-2-5-9-15)22-23(14)20(25)27-13-16-10-6-3-7-11-16/h2-11H,12-13H2,1H3. The first-order valence-electron chi connectivity index (χ1n) is 8.23. The summed E-state index contributed by atoms with van der Waals surface area (Å²) in [6.45, 7) is 1.90. The fourth-order valence-corrected chi connectivity index (χ4v) is 2.77. The topological polar surface area (TPSA) is 70.4 Å². The number of hydrogen-bond acceptors (Lipinski definition) is 5. The normalized spacial score (nSPS) is 10.4. The first-order chi connectivity index (χ1) is 13.1. The summed E-state index contributed by atoms with van der Waals surface area (Å²) < 4.78 is 12.0. The number of carbonyl (C=O) groups is 2. The molecule has 0 saturated carbocycles. The summed E-state index contributed by atoms with van der Waals surface area (Å²) in [6, 6.07) is 18.6. The molecule has 0 aliphatic carbocycles. The molecule has 1 aromatic heterocycles. The van der Waals surface area contributed by atoms with E-state index in [9.17, 15) is 9.59 Å². The number of rotatable bonds is 5. The van der Waals surface area contributed by atoms with Gasteiger partial charge in [-0.2, -0.15) is 9.78 Å². The molecule has 0 aliphatic heterocycles. The second kappa shape index (κ2) is 8.64.